The van der Waals surface area contributed by atoms with Gasteiger partial charge in [0.2, 0.25) is 0 Å². The van der Waals surface area contributed by atoms with Crippen molar-refractivity contribution in [2.75, 3.05) is 11.9 Å². The SMILES string of the molecule is CC(C)Nc1c(C(=O)NCCc2nn[nH]n2)cnc2ccc(-c3cn[nH]c3)cc12. The fourth-order valence-electron chi connectivity index (χ4n) is 3.07. The van der Waals surface area contributed by atoms with Gasteiger partial charge in [0.25, 0.3) is 5.91 Å². The van der Waals surface area contributed by atoms with E-state index < -0.39 is 0 Å². The van der Waals surface area contributed by atoms with Crippen LogP contribution in [0.2, 0.25) is 0 Å². The minimum absolute atomic E-state index is 0.143. The molecule has 4 N–H and O–H groups in total. The number of aromatic nitrogens is 7. The smallest absolute Gasteiger partial charge is 0.254 e. The molecule has 10 nitrogen and oxygen atoms in total. The van der Waals surface area contributed by atoms with Crippen molar-refractivity contribution in [1.82, 2.24) is 41.1 Å². The Labute approximate surface area is 166 Å². The lowest BCUT2D eigenvalue weighted by atomic mass is 10.0. The van der Waals surface area contributed by atoms with E-state index in [1.165, 1.54) is 0 Å². The Kier molecular flexibility index (Phi) is 5.14. The molecule has 0 unspecified atom stereocenters. The molecular weight excluding hydrogens is 370 g/mol. The van der Waals surface area contributed by atoms with Crippen molar-refractivity contribution in [1.29, 1.82) is 0 Å². The highest BCUT2D eigenvalue weighted by atomic mass is 16.1. The summed E-state index contributed by atoms with van der Waals surface area (Å²) in [7, 11) is 0. The van der Waals surface area contributed by atoms with E-state index in [0.717, 1.165) is 27.7 Å². The maximum atomic E-state index is 12.9. The molecule has 10 heteroatoms. The number of carbonyl (C=O) groups is 1. The number of fused-ring (bicyclic) bond motifs is 1. The lowest BCUT2D eigenvalue weighted by Gasteiger charge is -2.17. The van der Waals surface area contributed by atoms with Gasteiger partial charge in [0.15, 0.2) is 5.82 Å². The summed E-state index contributed by atoms with van der Waals surface area (Å²) in [5.41, 5.74) is 4.02. The molecule has 0 aliphatic rings. The standard InChI is InChI=1S/C19H21N9O/c1-11(2)24-18-14-7-12(13-8-22-23-9-13)3-4-16(14)21-10-15(18)19(29)20-6-5-17-25-27-28-26-17/h3-4,7-11H,5-6H2,1-2H3,(H,20,29)(H,21,24)(H,22,23)(H,25,26,27,28). The predicted octanol–water partition coefficient (Wildman–Crippen LogP) is 1.93. The molecule has 1 aromatic carbocycles. The van der Waals surface area contributed by atoms with Crippen LogP contribution in [0.15, 0.2) is 36.8 Å². The number of benzene rings is 1. The molecule has 0 saturated heterocycles. The van der Waals surface area contributed by atoms with Gasteiger partial charge in [-0.25, -0.2) is 0 Å². The minimum atomic E-state index is -0.209. The third-order valence-electron chi connectivity index (χ3n) is 4.40. The molecule has 0 aliphatic carbocycles. The predicted molar refractivity (Wildman–Crippen MR) is 108 cm³/mol. The zero-order chi connectivity index (χ0) is 20.2. The monoisotopic (exact) mass is 391 g/mol. The van der Waals surface area contributed by atoms with E-state index >= 15 is 0 Å². The molecule has 3 aromatic heterocycles. The second kappa shape index (κ2) is 8.05. The van der Waals surface area contributed by atoms with E-state index in [-0.39, 0.29) is 11.9 Å². The third kappa shape index (κ3) is 4.05. The molecule has 0 saturated carbocycles. The summed E-state index contributed by atoms with van der Waals surface area (Å²) in [5.74, 6) is 0.340. The number of H-pyrrole nitrogens is 2. The number of nitrogens with one attached hydrogen (secondary N) is 4. The summed E-state index contributed by atoms with van der Waals surface area (Å²) < 4.78 is 0. The third-order valence-corrected chi connectivity index (χ3v) is 4.40. The number of hydrogen-bond acceptors (Lipinski definition) is 7. The molecule has 4 aromatic rings. The summed E-state index contributed by atoms with van der Waals surface area (Å²) in [4.78, 5) is 17.3. The minimum Gasteiger partial charge on any atom is -0.382 e. The first kappa shape index (κ1) is 18.5. The highest BCUT2D eigenvalue weighted by molar-refractivity contribution is 6.07. The Balaban J connectivity index is 1.67. The van der Waals surface area contributed by atoms with Crippen LogP contribution in [-0.4, -0.2) is 54.3 Å². The normalized spacial score (nSPS) is 11.1. The fourth-order valence-corrected chi connectivity index (χ4v) is 3.07. The summed E-state index contributed by atoms with van der Waals surface area (Å²) in [6.07, 6.45) is 5.69. The molecular formula is C19H21N9O. The first-order chi connectivity index (χ1) is 14.1. The zero-order valence-corrected chi connectivity index (χ0v) is 16.1. The molecule has 0 fully saturated rings. The van der Waals surface area contributed by atoms with Crippen molar-refractivity contribution in [2.45, 2.75) is 26.3 Å². The average Bonchev–Trinajstić information content (AvgIpc) is 3.41. The molecule has 29 heavy (non-hydrogen) atoms. The largest absolute Gasteiger partial charge is 0.382 e. The van der Waals surface area contributed by atoms with Crippen LogP contribution in [0.4, 0.5) is 5.69 Å². The van der Waals surface area contributed by atoms with Crippen LogP contribution in [0, 0.1) is 0 Å². The quantitative estimate of drug-likeness (QED) is 0.378. The molecule has 1 amide bonds. The van der Waals surface area contributed by atoms with Crippen LogP contribution in [0.25, 0.3) is 22.0 Å². The van der Waals surface area contributed by atoms with E-state index in [2.05, 4.69) is 46.4 Å². The number of anilines is 1. The van der Waals surface area contributed by atoms with Crippen LogP contribution in [0.5, 0.6) is 0 Å². The molecule has 0 radical (unpaired) electrons. The van der Waals surface area contributed by atoms with Crippen LogP contribution >= 0.6 is 0 Å². The molecule has 148 valence electrons. The second-order valence-electron chi connectivity index (χ2n) is 6.90. The van der Waals surface area contributed by atoms with Crippen molar-refractivity contribution < 1.29 is 4.79 Å². The van der Waals surface area contributed by atoms with Gasteiger partial charge < -0.3 is 10.6 Å². The lowest BCUT2D eigenvalue weighted by molar-refractivity contribution is 0.0954. The van der Waals surface area contributed by atoms with Crippen molar-refractivity contribution in [3.8, 4) is 11.1 Å². The summed E-state index contributed by atoms with van der Waals surface area (Å²) in [5, 5.41) is 27.7. The number of nitrogens with zero attached hydrogens (tertiary/aromatic N) is 5. The lowest BCUT2D eigenvalue weighted by Crippen LogP contribution is -2.27. The highest BCUT2D eigenvalue weighted by Gasteiger charge is 2.17. The summed E-state index contributed by atoms with van der Waals surface area (Å²) >= 11 is 0. The van der Waals surface area contributed by atoms with Gasteiger partial charge in [0.05, 0.1) is 23.0 Å². The van der Waals surface area contributed by atoms with Crippen molar-refractivity contribution in [2.24, 2.45) is 0 Å². The fraction of sp³-hybridized carbons (Fsp3) is 0.263. The molecule has 0 bridgehead atoms. The van der Waals surface area contributed by atoms with E-state index in [0.29, 0.717) is 24.4 Å². The molecule has 0 aliphatic heterocycles. The Morgan fingerprint density at radius 1 is 1.21 bits per heavy atom. The number of tetrazole rings is 1. The van der Waals surface area contributed by atoms with Gasteiger partial charge in [-0.2, -0.15) is 10.3 Å². The molecule has 0 spiro atoms. The van der Waals surface area contributed by atoms with Gasteiger partial charge >= 0.3 is 0 Å². The number of aromatic amines is 2. The topological polar surface area (TPSA) is 137 Å². The van der Waals surface area contributed by atoms with Crippen molar-refractivity contribution in [3.63, 3.8) is 0 Å². The van der Waals surface area contributed by atoms with Crippen molar-refractivity contribution in [3.05, 3.63) is 48.2 Å². The second-order valence-corrected chi connectivity index (χ2v) is 6.90. The maximum Gasteiger partial charge on any atom is 0.254 e. The van der Waals surface area contributed by atoms with Crippen LogP contribution < -0.4 is 10.6 Å². The van der Waals surface area contributed by atoms with E-state index in [1.807, 2.05) is 38.2 Å². The first-order valence-corrected chi connectivity index (χ1v) is 9.31. The average molecular weight is 391 g/mol. The Bertz CT molecular complexity index is 1100. The van der Waals surface area contributed by atoms with Gasteiger partial charge in [-0.15, -0.1) is 10.2 Å². The van der Waals surface area contributed by atoms with E-state index in [4.69, 9.17) is 0 Å². The van der Waals surface area contributed by atoms with Crippen LogP contribution in [0.3, 0.4) is 0 Å². The Hall–Kier alpha value is -3.82. The van der Waals surface area contributed by atoms with Gasteiger partial charge in [-0.3, -0.25) is 14.9 Å². The van der Waals surface area contributed by atoms with Crippen LogP contribution in [-0.2, 0) is 6.42 Å². The Morgan fingerprint density at radius 2 is 2.10 bits per heavy atom. The number of amides is 1. The number of carbonyl (C=O) groups excluding carboxylic acids is 1. The zero-order valence-electron chi connectivity index (χ0n) is 16.1. The van der Waals surface area contributed by atoms with Gasteiger partial charge in [-0.05, 0) is 31.5 Å². The maximum absolute atomic E-state index is 12.9. The molecule has 3 heterocycles. The summed E-state index contributed by atoms with van der Waals surface area (Å²) in [6, 6.07) is 6.10. The molecule has 4 rings (SSSR count). The number of hydrogen-bond donors (Lipinski definition) is 4. The van der Waals surface area contributed by atoms with Crippen LogP contribution in [0.1, 0.15) is 30.0 Å². The van der Waals surface area contributed by atoms with Gasteiger partial charge in [0, 0.05) is 42.4 Å². The van der Waals surface area contributed by atoms with E-state index in [1.54, 1.807) is 12.4 Å². The molecule has 0 atom stereocenters. The van der Waals surface area contributed by atoms with Crippen molar-refractivity contribution >= 4 is 22.5 Å². The Morgan fingerprint density at radius 3 is 2.83 bits per heavy atom. The van der Waals surface area contributed by atoms with Gasteiger partial charge in [0.1, 0.15) is 0 Å². The number of rotatable bonds is 7. The first-order valence-electron chi connectivity index (χ1n) is 9.31. The summed E-state index contributed by atoms with van der Waals surface area (Å²) in [6.45, 7) is 4.46. The number of pyridine rings is 1. The highest BCUT2D eigenvalue weighted by Crippen LogP contribution is 2.30. The van der Waals surface area contributed by atoms with Gasteiger partial charge in [-0.1, -0.05) is 11.3 Å². The van der Waals surface area contributed by atoms with E-state index in [9.17, 15) is 4.79 Å².